The van der Waals surface area contributed by atoms with Gasteiger partial charge < -0.3 is 9.57 Å². The summed E-state index contributed by atoms with van der Waals surface area (Å²) in [6, 6.07) is 3.25. The number of benzene rings is 1. The van der Waals surface area contributed by atoms with Crippen molar-refractivity contribution in [2.75, 3.05) is 26.9 Å². The van der Waals surface area contributed by atoms with Crippen molar-refractivity contribution in [1.82, 2.24) is 20.0 Å². The Morgan fingerprint density at radius 1 is 1.38 bits per heavy atom. The minimum absolute atomic E-state index is 0.00694. The van der Waals surface area contributed by atoms with Gasteiger partial charge in [0.05, 0.1) is 29.0 Å². The number of hydrogen-bond donors (Lipinski definition) is 1. The summed E-state index contributed by atoms with van der Waals surface area (Å²) in [7, 11) is 1.28. The fraction of sp³-hybridized carbons (Fsp3) is 0.400. The van der Waals surface area contributed by atoms with E-state index in [0.29, 0.717) is 12.0 Å². The standard InChI is InChI=1S/C15H16F4N4O4S2/c1-9-21-22(14(24)23(9)25-2)12(28)8-20-27-29-13-10(15(17,18)19)4-3-5-11(13)26-7-6-16/h3-5,20H,6-8H2,1-2H3. The molecule has 0 aliphatic heterocycles. The number of alkyl halides is 4. The summed E-state index contributed by atoms with van der Waals surface area (Å²) in [6.45, 7) is 0.0426. The van der Waals surface area contributed by atoms with Crippen LogP contribution in [0.5, 0.6) is 5.75 Å². The van der Waals surface area contributed by atoms with Crippen molar-refractivity contribution in [3.63, 3.8) is 0 Å². The van der Waals surface area contributed by atoms with E-state index in [2.05, 4.69) is 10.6 Å². The van der Waals surface area contributed by atoms with Crippen LogP contribution in [0.1, 0.15) is 11.4 Å². The number of aryl methyl sites for hydroxylation is 1. The van der Waals surface area contributed by atoms with E-state index in [1.807, 2.05) is 0 Å². The zero-order chi connectivity index (χ0) is 21.6. The minimum Gasteiger partial charge on any atom is -0.490 e. The van der Waals surface area contributed by atoms with Gasteiger partial charge in [-0.1, -0.05) is 18.3 Å². The average Bonchev–Trinajstić information content (AvgIpc) is 2.96. The Bertz CT molecular complexity index is 917. The molecule has 160 valence electrons. The molecule has 0 fully saturated rings. The second kappa shape index (κ2) is 10.0. The zero-order valence-electron chi connectivity index (χ0n) is 15.2. The van der Waals surface area contributed by atoms with Crippen molar-refractivity contribution in [2.45, 2.75) is 18.0 Å². The fourth-order valence-corrected chi connectivity index (χ4v) is 3.01. The van der Waals surface area contributed by atoms with E-state index in [0.717, 1.165) is 21.5 Å². The van der Waals surface area contributed by atoms with Crippen LogP contribution in [0.3, 0.4) is 0 Å². The number of nitrogens with zero attached hydrogens (tertiary/aromatic N) is 3. The average molecular weight is 456 g/mol. The zero-order valence-corrected chi connectivity index (χ0v) is 16.8. The molecule has 0 bridgehead atoms. The van der Waals surface area contributed by atoms with Gasteiger partial charge in [-0.15, -0.1) is 9.83 Å². The highest BCUT2D eigenvalue weighted by Crippen LogP contribution is 2.41. The maximum Gasteiger partial charge on any atom is 0.417 e. The van der Waals surface area contributed by atoms with Crippen LogP contribution in [0.25, 0.3) is 0 Å². The number of aromatic nitrogens is 3. The Kier molecular flexibility index (Phi) is 8.01. The summed E-state index contributed by atoms with van der Waals surface area (Å²) in [5.74, 6) is 0.0708. The van der Waals surface area contributed by atoms with E-state index in [4.69, 9.17) is 26.1 Å². The predicted molar refractivity (Wildman–Crippen MR) is 99.6 cm³/mol. The highest BCUT2D eigenvalue weighted by Gasteiger charge is 2.35. The second-order valence-electron chi connectivity index (χ2n) is 5.27. The van der Waals surface area contributed by atoms with Crippen molar-refractivity contribution in [3.8, 4) is 5.75 Å². The molecule has 0 amide bonds. The lowest BCUT2D eigenvalue weighted by atomic mass is 10.2. The van der Waals surface area contributed by atoms with Crippen molar-refractivity contribution in [1.29, 1.82) is 0 Å². The first kappa shape index (κ1) is 23.1. The van der Waals surface area contributed by atoms with Crippen molar-refractivity contribution < 1.29 is 31.4 Å². The Labute approximate surface area is 171 Å². The number of hydroxylamine groups is 1. The molecular formula is C15H16F4N4O4S2. The van der Waals surface area contributed by atoms with Gasteiger partial charge in [-0.05, 0) is 19.1 Å². The van der Waals surface area contributed by atoms with Crippen molar-refractivity contribution in [2.24, 2.45) is 0 Å². The highest BCUT2D eigenvalue weighted by molar-refractivity contribution is 7.94. The van der Waals surface area contributed by atoms with E-state index in [-0.39, 0.29) is 28.0 Å². The lowest BCUT2D eigenvalue weighted by Gasteiger charge is -2.16. The molecule has 14 heteroatoms. The summed E-state index contributed by atoms with van der Waals surface area (Å²) in [5, 5.41) is 3.91. The molecule has 0 atom stereocenters. The lowest BCUT2D eigenvalue weighted by molar-refractivity contribution is -0.140. The van der Waals surface area contributed by atoms with Gasteiger partial charge in [0.2, 0.25) is 0 Å². The molecule has 8 nitrogen and oxygen atoms in total. The molecule has 0 saturated heterocycles. The van der Waals surface area contributed by atoms with E-state index in [1.165, 1.54) is 20.1 Å². The maximum absolute atomic E-state index is 13.2. The van der Waals surface area contributed by atoms with Crippen LogP contribution in [-0.2, 0) is 10.5 Å². The van der Waals surface area contributed by atoms with Gasteiger partial charge in [0.1, 0.15) is 31.1 Å². The highest BCUT2D eigenvalue weighted by atomic mass is 32.2. The van der Waals surface area contributed by atoms with Gasteiger partial charge >= 0.3 is 11.9 Å². The molecule has 2 aromatic rings. The number of thiocarbonyl (C=S) groups is 1. The van der Waals surface area contributed by atoms with Gasteiger partial charge in [0.15, 0.2) is 5.82 Å². The van der Waals surface area contributed by atoms with Crippen LogP contribution in [-0.4, -0.2) is 46.4 Å². The third-order valence-corrected chi connectivity index (χ3v) is 4.44. The minimum atomic E-state index is -4.67. The Morgan fingerprint density at radius 2 is 2.10 bits per heavy atom. The molecule has 0 saturated carbocycles. The van der Waals surface area contributed by atoms with E-state index in [9.17, 15) is 22.4 Å². The van der Waals surface area contributed by atoms with Crippen LogP contribution < -0.4 is 20.7 Å². The molecule has 0 radical (unpaired) electrons. The smallest absolute Gasteiger partial charge is 0.417 e. The molecule has 0 aliphatic rings. The topological polar surface area (TPSA) is 79.5 Å². The number of halogens is 4. The monoisotopic (exact) mass is 456 g/mol. The number of hydrogen-bond acceptors (Lipinski definition) is 8. The summed E-state index contributed by atoms with van der Waals surface area (Å²) in [6.07, 6.45) is -4.67. The molecule has 1 aromatic carbocycles. The van der Waals surface area contributed by atoms with Crippen LogP contribution in [0.15, 0.2) is 27.9 Å². The Balaban J connectivity index is 2.06. The van der Waals surface area contributed by atoms with Gasteiger partial charge in [-0.2, -0.15) is 23.3 Å². The Hall–Kier alpha value is -2.16. The molecule has 0 spiro atoms. The second-order valence-corrected chi connectivity index (χ2v) is 6.48. The van der Waals surface area contributed by atoms with Gasteiger partial charge in [-0.3, -0.25) is 0 Å². The summed E-state index contributed by atoms with van der Waals surface area (Å²) < 4.78 is 63.8. The molecule has 1 N–H and O–H groups in total. The van der Waals surface area contributed by atoms with E-state index in [1.54, 1.807) is 0 Å². The summed E-state index contributed by atoms with van der Waals surface area (Å²) >= 11 is 5.39. The SMILES string of the molecule is COn1c(C)nn(C(=S)CNOSc2c(OCCF)cccc2C(F)(F)F)c1=O. The summed E-state index contributed by atoms with van der Waals surface area (Å²) in [5.41, 5.74) is 0.693. The first-order valence-corrected chi connectivity index (χ1v) is 9.07. The van der Waals surface area contributed by atoms with E-state index >= 15 is 0 Å². The lowest BCUT2D eigenvalue weighted by Crippen LogP contribution is -2.36. The van der Waals surface area contributed by atoms with E-state index < -0.39 is 30.7 Å². The number of ether oxygens (including phenoxy) is 1. The van der Waals surface area contributed by atoms with Crippen LogP contribution in [0.2, 0.25) is 0 Å². The van der Waals surface area contributed by atoms with Crippen LogP contribution in [0.4, 0.5) is 17.6 Å². The molecule has 1 heterocycles. The number of rotatable bonds is 9. The molecular weight excluding hydrogens is 440 g/mol. The third kappa shape index (κ3) is 5.68. The molecule has 0 aliphatic carbocycles. The number of nitrogens with one attached hydrogen (secondary N) is 1. The van der Waals surface area contributed by atoms with Gasteiger partial charge in [0, 0.05) is 0 Å². The predicted octanol–water partition coefficient (Wildman–Crippen LogP) is 2.18. The fourth-order valence-electron chi connectivity index (χ4n) is 2.15. The van der Waals surface area contributed by atoms with Gasteiger partial charge in [-0.25, -0.2) is 13.5 Å². The molecule has 0 unspecified atom stereocenters. The van der Waals surface area contributed by atoms with Crippen LogP contribution in [0, 0.1) is 6.92 Å². The van der Waals surface area contributed by atoms with Crippen molar-refractivity contribution >= 4 is 29.2 Å². The molecule has 1 aromatic heterocycles. The maximum atomic E-state index is 13.2. The molecule has 29 heavy (non-hydrogen) atoms. The van der Waals surface area contributed by atoms with Gasteiger partial charge in [0.25, 0.3) is 0 Å². The Morgan fingerprint density at radius 3 is 2.69 bits per heavy atom. The molecule has 2 rings (SSSR count). The quantitative estimate of drug-likeness (QED) is 0.202. The third-order valence-electron chi connectivity index (χ3n) is 3.34. The largest absolute Gasteiger partial charge is 0.490 e. The summed E-state index contributed by atoms with van der Waals surface area (Å²) in [4.78, 5) is 16.5. The van der Waals surface area contributed by atoms with Crippen LogP contribution >= 0.6 is 24.3 Å². The normalized spacial score (nSPS) is 11.5. The first-order valence-electron chi connectivity index (χ1n) is 7.92. The first-order chi connectivity index (χ1) is 13.7. The van der Waals surface area contributed by atoms with Crippen molar-refractivity contribution in [3.05, 3.63) is 40.1 Å².